The first-order valence-electron chi connectivity index (χ1n) is 21.9. The van der Waals surface area contributed by atoms with E-state index in [9.17, 15) is 33.9 Å². The van der Waals surface area contributed by atoms with Crippen LogP contribution in [0.1, 0.15) is 111 Å². The number of imide groups is 1. The first kappa shape index (κ1) is 48.6. The van der Waals surface area contributed by atoms with Crippen molar-refractivity contribution in [3.05, 3.63) is 72.1 Å². The fourth-order valence-corrected chi connectivity index (χ4v) is 8.44. The van der Waals surface area contributed by atoms with E-state index in [0.29, 0.717) is 38.8 Å². The number of benzene rings is 1. The number of fused-ring (bicyclic) bond motifs is 1. The van der Waals surface area contributed by atoms with Crippen LogP contribution >= 0.6 is 0 Å². The fraction of sp³-hybridized carbons (Fsp3) is 0.609. The van der Waals surface area contributed by atoms with Crippen molar-refractivity contribution in [3.8, 4) is 0 Å². The number of esters is 2. The third-order valence-corrected chi connectivity index (χ3v) is 11.6. The highest BCUT2D eigenvalue weighted by Gasteiger charge is 2.56. The molecule has 0 radical (unpaired) electrons. The summed E-state index contributed by atoms with van der Waals surface area (Å²) in [5.74, 6) is -2.13. The van der Waals surface area contributed by atoms with E-state index in [0.717, 1.165) is 30.5 Å². The maximum absolute atomic E-state index is 13.8. The highest BCUT2D eigenvalue weighted by molar-refractivity contribution is 6.06. The molecule has 4 N–H and O–H groups in total. The van der Waals surface area contributed by atoms with Crippen molar-refractivity contribution in [1.82, 2.24) is 31.1 Å². The zero-order chi connectivity index (χ0) is 44.5. The molecule has 15 heteroatoms. The van der Waals surface area contributed by atoms with Crippen molar-refractivity contribution in [2.75, 3.05) is 39.4 Å². The van der Waals surface area contributed by atoms with Crippen molar-refractivity contribution < 1.29 is 43.3 Å². The van der Waals surface area contributed by atoms with Crippen LogP contribution in [0.2, 0.25) is 0 Å². The Labute approximate surface area is 361 Å². The minimum Gasteiger partial charge on any atom is -0.466 e. The monoisotopic (exact) mass is 849 g/mol. The van der Waals surface area contributed by atoms with E-state index in [4.69, 9.17) is 9.47 Å². The van der Waals surface area contributed by atoms with E-state index in [1.54, 1.807) is 11.8 Å². The van der Waals surface area contributed by atoms with Gasteiger partial charge in [-0.15, -0.1) is 5.53 Å². The van der Waals surface area contributed by atoms with Gasteiger partial charge in [0.2, 0.25) is 23.6 Å². The zero-order valence-electron chi connectivity index (χ0n) is 36.9. The second kappa shape index (κ2) is 23.8. The molecule has 2 aliphatic heterocycles. The van der Waals surface area contributed by atoms with Crippen LogP contribution in [0.5, 0.6) is 0 Å². The average Bonchev–Trinajstić information content (AvgIpc) is 3.91. The molecule has 1 saturated heterocycles. The zero-order valence-corrected chi connectivity index (χ0v) is 36.9. The number of hydrogen-bond donors (Lipinski definition) is 4. The predicted octanol–water partition coefficient (Wildman–Crippen LogP) is 4.86. The molecule has 1 aromatic carbocycles. The number of likely N-dealkylation sites (tertiary alicyclic amines) is 1. The van der Waals surface area contributed by atoms with Crippen LogP contribution in [0.4, 0.5) is 0 Å². The van der Waals surface area contributed by atoms with E-state index in [1.807, 2.05) is 81.4 Å². The summed E-state index contributed by atoms with van der Waals surface area (Å²) in [7, 11) is 0. The van der Waals surface area contributed by atoms with E-state index in [-0.39, 0.29) is 98.5 Å². The summed E-state index contributed by atoms with van der Waals surface area (Å²) in [4.78, 5) is 81.0. The fourth-order valence-electron chi connectivity index (χ4n) is 8.44. The number of nitrogens with zero attached hydrogens (tertiary/aromatic N) is 3. The number of aliphatic hydroxyl groups is 1. The van der Waals surface area contributed by atoms with Crippen LogP contribution in [-0.4, -0.2) is 101 Å². The number of hydrogen-bond acceptors (Lipinski definition) is 12. The summed E-state index contributed by atoms with van der Waals surface area (Å²) in [5.41, 5.74) is 7.34. The number of amides is 4. The number of carbonyl (C=O) groups is 6. The van der Waals surface area contributed by atoms with Gasteiger partial charge in [-0.25, -0.2) is 4.79 Å². The van der Waals surface area contributed by atoms with Crippen molar-refractivity contribution in [1.29, 1.82) is 0 Å². The largest absolute Gasteiger partial charge is 0.466 e. The lowest BCUT2D eigenvalue weighted by Gasteiger charge is -2.33. The highest BCUT2D eigenvalue weighted by Crippen LogP contribution is 2.49. The first-order chi connectivity index (χ1) is 29.2. The summed E-state index contributed by atoms with van der Waals surface area (Å²) in [6, 6.07) is 9.58. The van der Waals surface area contributed by atoms with Crippen LogP contribution in [0.25, 0.3) is 0 Å². The number of nitrogens with one attached hydrogen (secondary N) is 3. The number of aliphatic hydroxyl groups excluding tert-OH is 1. The second-order valence-corrected chi connectivity index (χ2v) is 16.8. The maximum Gasteiger partial charge on any atom is 0.334 e. The Balaban J connectivity index is 1.37. The smallest absolute Gasteiger partial charge is 0.334 e. The van der Waals surface area contributed by atoms with Crippen LogP contribution in [0, 0.1) is 29.1 Å². The number of allylic oxidation sites excluding steroid dienone is 4. The molecule has 6 atom stereocenters. The number of rotatable bonds is 25. The molecule has 0 spiro atoms. The summed E-state index contributed by atoms with van der Waals surface area (Å²) < 4.78 is 10.3. The van der Waals surface area contributed by atoms with Gasteiger partial charge in [0.05, 0.1) is 48.7 Å². The number of ether oxygens (including phenoxy) is 2. The Morgan fingerprint density at radius 2 is 1.61 bits per heavy atom. The van der Waals surface area contributed by atoms with Gasteiger partial charge in [-0.3, -0.25) is 33.9 Å². The first-order valence-corrected chi connectivity index (χ1v) is 21.9. The van der Waals surface area contributed by atoms with Crippen molar-refractivity contribution in [2.45, 2.75) is 111 Å². The lowest BCUT2D eigenvalue weighted by atomic mass is 9.83. The molecular formula is C46H68N6O9. The quantitative estimate of drug-likeness (QED) is 0.0454. The molecule has 61 heavy (non-hydrogen) atoms. The molecule has 15 nitrogen and oxygen atoms in total. The van der Waals surface area contributed by atoms with Crippen molar-refractivity contribution in [2.24, 2.45) is 29.1 Å². The predicted molar refractivity (Wildman–Crippen MR) is 230 cm³/mol. The molecule has 1 aliphatic carbocycles. The summed E-state index contributed by atoms with van der Waals surface area (Å²) >= 11 is 0. The average molecular weight is 849 g/mol. The standard InChI is InChI=1S/C46H68N6O9/c1-7-18-34-28-35(19-8-2)41-40(34)42(56)51(43(41)57)26-16-11-10-15-25-50(39(55)23-22-38(54)47-24-17-27-61-44(58)32(4)53)30-36-31-52(49-48-36)37(33-20-13-12-14-21-33)29-46(5,6)45(59)60-9-3/h7-8,12-14,18-21,31-32,34-35,37,40-41,48-49,53H,9-11,15-17,22-30H2,1-6H3,(H,47,54). The normalized spacial score (nSPS) is 21.1. The summed E-state index contributed by atoms with van der Waals surface area (Å²) in [5, 5.41) is 13.9. The van der Waals surface area contributed by atoms with Crippen LogP contribution in [0.3, 0.4) is 0 Å². The van der Waals surface area contributed by atoms with Gasteiger partial charge in [0, 0.05) is 38.7 Å². The topological polar surface area (TPSA) is 187 Å². The van der Waals surface area contributed by atoms with Gasteiger partial charge in [0.1, 0.15) is 6.10 Å². The van der Waals surface area contributed by atoms with Gasteiger partial charge in [0.25, 0.3) is 0 Å². The van der Waals surface area contributed by atoms with Crippen LogP contribution in [-0.2, 0) is 38.2 Å². The SMILES string of the molecule is CC=CC1CC(C=CC)C2C(=O)N(CCCCCCN(CC3=CN(C(CC(C)(C)C(=O)OCC)c4ccccc4)NN3)C(=O)CCC(=O)NCCCOC(=O)C(C)O)C(=O)C12. The molecule has 0 aromatic heterocycles. The van der Waals surface area contributed by atoms with Gasteiger partial charge in [0.15, 0.2) is 0 Å². The molecule has 336 valence electrons. The minimum atomic E-state index is -1.22. The minimum absolute atomic E-state index is 0.0163. The van der Waals surface area contributed by atoms with Gasteiger partial charge in [-0.2, -0.15) is 0 Å². The third-order valence-electron chi connectivity index (χ3n) is 11.6. The number of carbonyl (C=O) groups excluding carboxylic acids is 6. The maximum atomic E-state index is 13.8. The van der Waals surface area contributed by atoms with E-state index in [1.165, 1.54) is 11.8 Å². The Morgan fingerprint density at radius 1 is 0.951 bits per heavy atom. The van der Waals surface area contributed by atoms with Crippen molar-refractivity contribution in [3.63, 3.8) is 0 Å². The Kier molecular flexibility index (Phi) is 19.0. The molecule has 4 rings (SSSR count). The lowest BCUT2D eigenvalue weighted by Crippen LogP contribution is -2.43. The van der Waals surface area contributed by atoms with Crippen LogP contribution in [0.15, 0.2) is 66.5 Å². The molecule has 4 amide bonds. The van der Waals surface area contributed by atoms with Gasteiger partial charge in [-0.1, -0.05) is 67.5 Å². The Bertz CT molecular complexity index is 1710. The van der Waals surface area contributed by atoms with E-state index >= 15 is 0 Å². The molecule has 1 saturated carbocycles. The van der Waals surface area contributed by atoms with Crippen molar-refractivity contribution >= 4 is 35.6 Å². The molecule has 3 aliphatic rings. The Hall–Kier alpha value is -5.02. The molecule has 2 fully saturated rings. The van der Waals surface area contributed by atoms with Crippen LogP contribution < -0.4 is 16.3 Å². The van der Waals surface area contributed by atoms with Gasteiger partial charge < -0.3 is 30.2 Å². The summed E-state index contributed by atoms with van der Waals surface area (Å²) in [6.45, 7) is 12.4. The van der Waals surface area contributed by atoms with E-state index < -0.39 is 17.5 Å². The lowest BCUT2D eigenvalue weighted by molar-refractivity contribution is -0.155. The van der Waals surface area contributed by atoms with Gasteiger partial charge >= 0.3 is 11.9 Å². The second-order valence-electron chi connectivity index (χ2n) is 16.8. The van der Waals surface area contributed by atoms with Gasteiger partial charge in [-0.05, 0) is 91.0 Å². The molecule has 6 unspecified atom stereocenters. The molecule has 1 aromatic rings. The summed E-state index contributed by atoms with van der Waals surface area (Å²) in [6.07, 6.45) is 13.2. The molecule has 2 heterocycles. The molecule has 0 bridgehead atoms. The third kappa shape index (κ3) is 13.7. The number of hydrazine groups is 2. The molecular weight excluding hydrogens is 781 g/mol. The highest BCUT2D eigenvalue weighted by atomic mass is 16.5. The van der Waals surface area contributed by atoms with E-state index in [2.05, 4.69) is 28.4 Å². The Morgan fingerprint density at radius 3 is 2.23 bits per heavy atom. The number of unbranched alkanes of at least 4 members (excludes halogenated alkanes) is 3.